The van der Waals surface area contributed by atoms with Crippen LogP contribution in [-0.4, -0.2) is 33.6 Å². The largest absolute Gasteiger partial charge is 0.396 e. The summed E-state index contributed by atoms with van der Waals surface area (Å²) in [5.41, 5.74) is 0.660. The van der Waals surface area contributed by atoms with Gasteiger partial charge in [0.25, 0.3) is 5.91 Å². The van der Waals surface area contributed by atoms with Gasteiger partial charge in [0.05, 0.1) is 10.4 Å². The fourth-order valence-corrected chi connectivity index (χ4v) is 3.54. The van der Waals surface area contributed by atoms with Gasteiger partial charge >= 0.3 is 0 Å². The Morgan fingerprint density at radius 1 is 1.55 bits per heavy atom. The molecule has 0 aromatic carbocycles. The molecule has 0 fully saturated rings. The second-order valence-corrected chi connectivity index (χ2v) is 7.38. The number of aliphatic hydroxyl groups is 1. The summed E-state index contributed by atoms with van der Waals surface area (Å²) >= 11 is 2.97. The number of thiazole rings is 1. The predicted molar refractivity (Wildman–Crippen MR) is 81.7 cm³/mol. The van der Waals surface area contributed by atoms with Crippen LogP contribution in [0.4, 0.5) is 0 Å². The van der Waals surface area contributed by atoms with Crippen molar-refractivity contribution in [2.24, 2.45) is 5.41 Å². The number of hydrogen-bond acceptors (Lipinski definition) is 5. The van der Waals surface area contributed by atoms with Crippen molar-refractivity contribution in [3.63, 3.8) is 0 Å². The van der Waals surface area contributed by atoms with Crippen LogP contribution in [0.2, 0.25) is 0 Å². The van der Waals surface area contributed by atoms with E-state index in [9.17, 15) is 9.90 Å². The highest BCUT2D eigenvalue weighted by Crippen LogP contribution is 2.28. The zero-order valence-corrected chi connectivity index (χ0v) is 12.8. The lowest BCUT2D eigenvalue weighted by molar-refractivity contribution is 0.0915. The summed E-state index contributed by atoms with van der Waals surface area (Å²) in [6.45, 7) is 4.30. The molecule has 2 N–H and O–H groups in total. The Morgan fingerprint density at radius 3 is 3.10 bits per heavy atom. The van der Waals surface area contributed by atoms with Gasteiger partial charge in [-0.1, -0.05) is 13.8 Å². The summed E-state index contributed by atoms with van der Waals surface area (Å²) < 4.78 is 1.99. The molecule has 0 aliphatic carbocycles. The first-order chi connectivity index (χ1) is 9.50. The molecule has 3 rings (SSSR count). The van der Waals surface area contributed by atoms with Crippen molar-refractivity contribution in [1.29, 1.82) is 0 Å². The van der Waals surface area contributed by atoms with Crippen LogP contribution in [0.3, 0.4) is 0 Å². The Hall–Kier alpha value is -1.44. The van der Waals surface area contributed by atoms with Crippen LogP contribution in [0.25, 0.3) is 15.3 Å². The predicted octanol–water partition coefficient (Wildman–Crippen LogP) is 2.36. The monoisotopic (exact) mass is 309 g/mol. The first-order valence-electron chi connectivity index (χ1n) is 6.24. The van der Waals surface area contributed by atoms with Crippen molar-refractivity contribution in [1.82, 2.24) is 14.7 Å². The van der Waals surface area contributed by atoms with Crippen molar-refractivity contribution in [3.8, 4) is 0 Å². The zero-order chi connectivity index (χ0) is 14.3. The molecule has 0 atom stereocenters. The molecule has 1 amide bonds. The minimum atomic E-state index is -0.310. The summed E-state index contributed by atoms with van der Waals surface area (Å²) in [7, 11) is 0. The number of hydrogen-bond donors (Lipinski definition) is 2. The van der Waals surface area contributed by atoms with E-state index in [1.54, 1.807) is 11.3 Å². The Morgan fingerprint density at radius 2 is 2.35 bits per heavy atom. The Balaban J connectivity index is 1.82. The molecule has 3 aromatic heterocycles. The lowest BCUT2D eigenvalue weighted by Crippen LogP contribution is -2.35. The van der Waals surface area contributed by atoms with E-state index in [4.69, 9.17) is 0 Å². The molecule has 0 aliphatic heterocycles. The molecule has 5 nitrogen and oxygen atoms in total. The van der Waals surface area contributed by atoms with Crippen molar-refractivity contribution in [2.45, 2.75) is 13.8 Å². The first kappa shape index (κ1) is 13.5. The third-order valence-electron chi connectivity index (χ3n) is 3.12. The van der Waals surface area contributed by atoms with E-state index in [0.717, 1.165) is 15.3 Å². The molecule has 0 aliphatic rings. The van der Waals surface area contributed by atoms with E-state index in [1.807, 2.05) is 35.9 Å². The highest BCUT2D eigenvalue weighted by Gasteiger charge is 2.20. The fraction of sp³-hybridized carbons (Fsp3) is 0.385. The smallest absolute Gasteiger partial charge is 0.261 e. The highest BCUT2D eigenvalue weighted by atomic mass is 32.1. The topological polar surface area (TPSA) is 66.6 Å². The summed E-state index contributed by atoms with van der Waals surface area (Å²) in [6, 6.07) is 1.87. The van der Waals surface area contributed by atoms with E-state index in [1.165, 1.54) is 11.3 Å². The van der Waals surface area contributed by atoms with E-state index in [0.29, 0.717) is 11.4 Å². The number of imidazole rings is 1. The van der Waals surface area contributed by atoms with E-state index >= 15 is 0 Å². The molecule has 3 heterocycles. The summed E-state index contributed by atoms with van der Waals surface area (Å²) in [5.74, 6) is -0.112. The van der Waals surface area contributed by atoms with Crippen LogP contribution in [-0.2, 0) is 0 Å². The van der Waals surface area contributed by atoms with Crippen molar-refractivity contribution >= 4 is 43.9 Å². The number of fused-ring (bicyclic) bond motifs is 3. The van der Waals surface area contributed by atoms with Gasteiger partial charge < -0.3 is 10.4 Å². The molecule has 7 heteroatoms. The van der Waals surface area contributed by atoms with Crippen molar-refractivity contribution in [3.05, 3.63) is 22.5 Å². The number of rotatable bonds is 4. The fourth-order valence-electron chi connectivity index (χ4n) is 1.82. The SMILES string of the molecule is CC(C)(CO)CNC(=O)c1cc2c(nc3sccn32)s1. The van der Waals surface area contributed by atoms with Crippen LogP contribution in [0.15, 0.2) is 17.6 Å². The number of carbonyl (C=O) groups is 1. The lowest BCUT2D eigenvalue weighted by atomic mass is 9.95. The summed E-state index contributed by atoms with van der Waals surface area (Å²) in [4.78, 5) is 19.1. The molecule has 3 aromatic rings. The number of carbonyl (C=O) groups excluding carboxylic acids is 1. The maximum Gasteiger partial charge on any atom is 0.261 e. The molecule has 0 saturated heterocycles. The molecule has 0 radical (unpaired) electrons. The maximum atomic E-state index is 12.1. The van der Waals surface area contributed by atoms with Gasteiger partial charge in [-0.3, -0.25) is 9.20 Å². The number of nitrogens with one attached hydrogen (secondary N) is 1. The van der Waals surface area contributed by atoms with Gasteiger partial charge in [-0.2, -0.15) is 0 Å². The molecule has 20 heavy (non-hydrogen) atoms. The van der Waals surface area contributed by atoms with Crippen LogP contribution < -0.4 is 5.32 Å². The third-order valence-corrected chi connectivity index (χ3v) is 4.89. The average molecular weight is 309 g/mol. The number of nitrogens with zero attached hydrogens (tertiary/aromatic N) is 2. The van der Waals surface area contributed by atoms with Gasteiger partial charge in [0.2, 0.25) is 0 Å². The van der Waals surface area contributed by atoms with Crippen LogP contribution in [0.5, 0.6) is 0 Å². The molecule has 0 unspecified atom stereocenters. The van der Waals surface area contributed by atoms with Crippen LogP contribution in [0.1, 0.15) is 23.5 Å². The second kappa shape index (κ2) is 4.83. The van der Waals surface area contributed by atoms with Crippen molar-refractivity contribution in [2.75, 3.05) is 13.2 Å². The number of aliphatic hydroxyl groups excluding tert-OH is 1. The zero-order valence-electron chi connectivity index (χ0n) is 11.2. The lowest BCUT2D eigenvalue weighted by Gasteiger charge is -2.21. The second-order valence-electron chi connectivity index (χ2n) is 5.47. The van der Waals surface area contributed by atoms with E-state index < -0.39 is 0 Å². The van der Waals surface area contributed by atoms with Gasteiger partial charge in [0, 0.05) is 30.1 Å². The summed E-state index contributed by atoms with van der Waals surface area (Å²) in [5, 5.41) is 14.0. The first-order valence-corrected chi connectivity index (χ1v) is 7.94. The molecule has 106 valence electrons. The third kappa shape index (κ3) is 2.32. The van der Waals surface area contributed by atoms with Gasteiger partial charge in [-0.05, 0) is 6.07 Å². The molecule has 0 bridgehead atoms. The minimum absolute atomic E-state index is 0.0394. The summed E-state index contributed by atoms with van der Waals surface area (Å²) in [6.07, 6.45) is 1.96. The van der Waals surface area contributed by atoms with Crippen molar-refractivity contribution < 1.29 is 9.90 Å². The number of aromatic nitrogens is 2. The quantitative estimate of drug-likeness (QED) is 0.777. The van der Waals surface area contributed by atoms with Gasteiger partial charge in [-0.25, -0.2) is 4.98 Å². The molecular weight excluding hydrogens is 294 g/mol. The van der Waals surface area contributed by atoms with Gasteiger partial charge in [0.15, 0.2) is 4.96 Å². The van der Waals surface area contributed by atoms with Gasteiger partial charge in [0.1, 0.15) is 4.83 Å². The number of amides is 1. The van der Waals surface area contributed by atoms with Gasteiger partial charge in [-0.15, -0.1) is 22.7 Å². The average Bonchev–Trinajstić information content (AvgIpc) is 3.06. The normalized spacial score (nSPS) is 12.3. The van der Waals surface area contributed by atoms with E-state index in [-0.39, 0.29) is 17.9 Å². The van der Waals surface area contributed by atoms with E-state index in [2.05, 4.69) is 10.3 Å². The Kier molecular flexibility index (Phi) is 3.27. The minimum Gasteiger partial charge on any atom is -0.396 e. The molecule has 0 saturated carbocycles. The standard InChI is InChI=1S/C13H15N3O2S2/c1-13(2,7-17)6-14-10(18)9-5-8-11(20-9)15-12-16(8)3-4-19-12/h3-5,17H,6-7H2,1-2H3,(H,14,18). The molecular formula is C13H15N3O2S2. The van der Waals surface area contributed by atoms with Crippen LogP contribution >= 0.6 is 22.7 Å². The maximum absolute atomic E-state index is 12.1. The Labute approximate surface area is 123 Å². The number of thiophene rings is 1. The molecule has 0 spiro atoms. The van der Waals surface area contributed by atoms with Crippen LogP contribution in [0, 0.1) is 5.41 Å². The Bertz CT molecular complexity index is 769. The highest BCUT2D eigenvalue weighted by molar-refractivity contribution is 7.21.